The summed E-state index contributed by atoms with van der Waals surface area (Å²) in [4.78, 5) is 0. The van der Waals surface area contributed by atoms with Crippen molar-refractivity contribution < 1.29 is 16.6 Å². The third-order valence-electron chi connectivity index (χ3n) is 10.2. The van der Waals surface area contributed by atoms with Gasteiger partial charge in [-0.15, -0.1) is 0 Å². The van der Waals surface area contributed by atoms with E-state index in [0.717, 1.165) is 0 Å². The van der Waals surface area contributed by atoms with Gasteiger partial charge in [-0.05, 0) is 0 Å². The molecule has 4 aromatic carbocycles. The Morgan fingerprint density at radius 3 is 1.73 bits per heavy atom. The molecule has 2 aliphatic rings. The van der Waals surface area contributed by atoms with Crippen LogP contribution in [0.2, 0.25) is 9.76 Å². The van der Waals surface area contributed by atoms with Gasteiger partial charge < -0.3 is 0 Å². The van der Waals surface area contributed by atoms with E-state index < -0.39 is 26.1 Å². The molecule has 0 fully saturated rings. The van der Waals surface area contributed by atoms with Crippen LogP contribution in [0.5, 0.6) is 0 Å². The van der Waals surface area contributed by atoms with Gasteiger partial charge >= 0.3 is 255 Å². The Bertz CT molecular complexity index is 1420. The Labute approximate surface area is 253 Å². The molecule has 0 spiro atoms. The van der Waals surface area contributed by atoms with Crippen molar-refractivity contribution in [3.63, 3.8) is 0 Å². The number of hydrogen-bond donors (Lipinski definition) is 0. The molecule has 0 aromatic heterocycles. The van der Waals surface area contributed by atoms with Gasteiger partial charge in [0.15, 0.2) is 0 Å². The Morgan fingerprint density at radius 1 is 0.634 bits per heavy atom. The van der Waals surface area contributed by atoms with Gasteiger partial charge in [0.2, 0.25) is 0 Å². The molecule has 1 atom stereocenters. The summed E-state index contributed by atoms with van der Waals surface area (Å²) in [6.45, 7) is 4.66. The second-order valence-electron chi connectivity index (χ2n) is 12.6. The molecule has 0 saturated carbocycles. The summed E-state index contributed by atoms with van der Waals surface area (Å²) >= 11 is -2.90. The SMILES string of the molecule is Cc1cccc([SiH2]C[C]2([Ti]([CH2]c3ccccc3)([CH2]c3ccccc3)[CH2]c3ccccc3)C=CC3=C2CCCC3)c1C. The van der Waals surface area contributed by atoms with Crippen LogP contribution in [0.25, 0.3) is 0 Å². The maximum absolute atomic E-state index is 2.90. The van der Waals surface area contributed by atoms with Crippen molar-refractivity contribution in [2.45, 2.75) is 63.5 Å². The average Bonchev–Trinajstić information content (AvgIpc) is 3.40. The van der Waals surface area contributed by atoms with Crippen LogP contribution in [0.4, 0.5) is 0 Å². The van der Waals surface area contributed by atoms with Crippen LogP contribution in [0.3, 0.4) is 0 Å². The molecule has 0 radical (unpaired) electrons. The fraction of sp³-hybridized carbons (Fsp3) is 0.282. The van der Waals surface area contributed by atoms with Crippen molar-refractivity contribution >= 4 is 14.7 Å². The molecule has 0 aliphatic heterocycles. The summed E-state index contributed by atoms with van der Waals surface area (Å²) in [7, 11) is -0.481. The first kappa shape index (κ1) is 28.4. The first-order valence-electron chi connectivity index (χ1n) is 15.7. The van der Waals surface area contributed by atoms with Crippen molar-refractivity contribution in [1.29, 1.82) is 0 Å². The Morgan fingerprint density at radius 2 is 1.17 bits per heavy atom. The van der Waals surface area contributed by atoms with Gasteiger partial charge in [0.25, 0.3) is 0 Å². The predicted octanol–water partition coefficient (Wildman–Crippen LogP) is 8.87. The monoisotopic (exact) mass is 588 g/mol. The summed E-state index contributed by atoms with van der Waals surface area (Å²) in [6, 6.07) is 43.1. The minimum absolute atomic E-state index is 0.250. The van der Waals surface area contributed by atoms with E-state index in [4.69, 9.17) is 0 Å². The summed E-state index contributed by atoms with van der Waals surface area (Å²) < 4.78 is 4.06. The summed E-state index contributed by atoms with van der Waals surface area (Å²) in [5.74, 6) is 0. The molecule has 4 aromatic rings. The van der Waals surface area contributed by atoms with E-state index in [2.05, 4.69) is 135 Å². The molecule has 0 saturated heterocycles. The third-order valence-corrected chi connectivity index (χ3v) is 22.5. The quantitative estimate of drug-likeness (QED) is 0.162. The van der Waals surface area contributed by atoms with Gasteiger partial charge in [0.1, 0.15) is 0 Å². The molecule has 0 bridgehead atoms. The number of hydrogen-bond acceptors (Lipinski definition) is 0. The fourth-order valence-corrected chi connectivity index (χ4v) is 22.6. The van der Waals surface area contributed by atoms with Crippen LogP contribution in [-0.4, -0.2) is 9.52 Å². The van der Waals surface area contributed by atoms with Gasteiger partial charge in [0, 0.05) is 0 Å². The maximum atomic E-state index is 2.82. The summed E-state index contributed by atoms with van der Waals surface area (Å²) in [6.07, 6.45) is 10.7. The second kappa shape index (κ2) is 12.7. The van der Waals surface area contributed by atoms with Gasteiger partial charge in [-0.3, -0.25) is 0 Å². The van der Waals surface area contributed by atoms with Crippen LogP contribution in [-0.2, 0) is 30.8 Å². The molecule has 0 amide bonds. The summed E-state index contributed by atoms with van der Waals surface area (Å²) in [5.41, 5.74) is 11.2. The molecular weight excluding hydrogens is 544 g/mol. The Balaban J connectivity index is 1.55. The fourth-order valence-electron chi connectivity index (χ4n) is 8.00. The van der Waals surface area contributed by atoms with E-state index in [1.807, 2.05) is 5.57 Å². The normalized spacial score (nSPS) is 18.8. The van der Waals surface area contributed by atoms with Gasteiger partial charge in [-0.25, -0.2) is 0 Å². The van der Waals surface area contributed by atoms with E-state index in [9.17, 15) is 0 Å². The molecule has 41 heavy (non-hydrogen) atoms. The molecule has 6 rings (SSSR count). The van der Waals surface area contributed by atoms with E-state index in [-0.39, 0.29) is 3.72 Å². The second-order valence-corrected chi connectivity index (χ2v) is 21.5. The third kappa shape index (κ3) is 5.96. The van der Waals surface area contributed by atoms with Crippen LogP contribution < -0.4 is 5.19 Å². The molecule has 0 heterocycles. The summed E-state index contributed by atoms with van der Waals surface area (Å²) in [5, 5.41) is 1.68. The van der Waals surface area contributed by atoms with Crippen molar-refractivity contribution in [2.24, 2.45) is 0 Å². The van der Waals surface area contributed by atoms with Crippen molar-refractivity contribution in [3.8, 4) is 0 Å². The molecular formula is C39H44SiTi. The molecule has 2 heteroatoms. The van der Waals surface area contributed by atoms with Crippen molar-refractivity contribution in [3.05, 3.63) is 160 Å². The zero-order chi connectivity index (χ0) is 28.1. The zero-order valence-corrected chi connectivity index (χ0v) is 27.9. The minimum atomic E-state index is -2.90. The number of rotatable bonds is 10. The van der Waals surface area contributed by atoms with Gasteiger partial charge in [-0.1, -0.05) is 0 Å². The van der Waals surface area contributed by atoms with Crippen LogP contribution in [0.15, 0.2) is 132 Å². The molecule has 208 valence electrons. The number of benzene rings is 4. The van der Waals surface area contributed by atoms with Crippen LogP contribution in [0, 0.1) is 13.8 Å². The standard InChI is InChI=1S/C18H23Si.3C7H7.Ti/c1-13-6-5-9-18(14(13)2)19-12-16-11-10-15-7-3-4-8-17(15)16;3*1-7-5-3-2-4-6-7;/h5-6,9-11H,3-4,7-8,12,19H2,1-2H3;3*2-6H,1H2;. The molecule has 1 unspecified atom stereocenters. The Kier molecular flexibility index (Phi) is 8.77. The zero-order valence-electron chi connectivity index (χ0n) is 24.9. The van der Waals surface area contributed by atoms with Gasteiger partial charge in [0.05, 0.1) is 0 Å². The van der Waals surface area contributed by atoms with Crippen LogP contribution >= 0.6 is 0 Å². The van der Waals surface area contributed by atoms with Crippen molar-refractivity contribution in [1.82, 2.24) is 0 Å². The molecule has 0 nitrogen and oxygen atoms in total. The van der Waals surface area contributed by atoms with E-state index in [1.165, 1.54) is 51.5 Å². The van der Waals surface area contributed by atoms with Crippen LogP contribution in [0.1, 0.15) is 53.5 Å². The topological polar surface area (TPSA) is 0 Å². The van der Waals surface area contributed by atoms with E-state index in [0.29, 0.717) is 0 Å². The first-order valence-corrected chi connectivity index (χ1v) is 21.5. The van der Waals surface area contributed by atoms with E-state index >= 15 is 0 Å². The molecule has 0 N–H and O–H groups in total. The number of aryl methyl sites for hydroxylation is 1. The van der Waals surface area contributed by atoms with Gasteiger partial charge in [-0.2, -0.15) is 0 Å². The molecule has 2 aliphatic carbocycles. The van der Waals surface area contributed by atoms with Crippen molar-refractivity contribution in [2.75, 3.05) is 0 Å². The average molecular weight is 589 g/mol. The van der Waals surface area contributed by atoms with E-state index in [1.54, 1.807) is 33.0 Å². The number of allylic oxidation sites excluding steroid dienone is 4. The predicted molar refractivity (Wildman–Crippen MR) is 177 cm³/mol. The Hall–Kier alpha value is -2.71. The first-order chi connectivity index (χ1) is 20.1.